The molecule has 0 aromatic heterocycles. The van der Waals surface area contributed by atoms with E-state index in [0.717, 1.165) is 25.9 Å². The van der Waals surface area contributed by atoms with Crippen molar-refractivity contribution in [1.82, 2.24) is 0 Å². The Morgan fingerprint density at radius 2 is 2.16 bits per heavy atom. The van der Waals surface area contributed by atoms with Gasteiger partial charge < -0.3 is 9.47 Å². The molecule has 7 heteroatoms. The van der Waals surface area contributed by atoms with E-state index in [4.69, 9.17) is 31.8 Å². The molecule has 1 aliphatic heterocycles. The van der Waals surface area contributed by atoms with Gasteiger partial charge in [0.2, 0.25) is 0 Å². The average molecular weight is 325 g/mol. The third kappa shape index (κ3) is 4.24. The van der Waals surface area contributed by atoms with Crippen LogP contribution in [0.1, 0.15) is 19.3 Å². The summed E-state index contributed by atoms with van der Waals surface area (Å²) >= 11 is 5.77. The molecule has 0 saturated carbocycles. The third-order valence-corrected chi connectivity index (χ3v) is 4.45. The van der Waals surface area contributed by atoms with Crippen molar-refractivity contribution in [3.8, 4) is 5.75 Å². The first-order valence-electron chi connectivity index (χ1n) is 5.95. The van der Waals surface area contributed by atoms with Gasteiger partial charge >= 0.3 is 0 Å². The molecule has 0 amide bonds. The van der Waals surface area contributed by atoms with Crippen LogP contribution in [-0.4, -0.2) is 27.7 Å². The Balaban J connectivity index is 2.11. The molecule has 1 aliphatic rings. The fourth-order valence-electron chi connectivity index (χ4n) is 1.91. The van der Waals surface area contributed by atoms with Crippen LogP contribution >= 0.6 is 22.3 Å². The van der Waals surface area contributed by atoms with Gasteiger partial charge in [-0.1, -0.05) is 11.6 Å². The van der Waals surface area contributed by atoms with Gasteiger partial charge in [-0.25, -0.2) is 8.42 Å². The Morgan fingerprint density at radius 1 is 1.37 bits per heavy atom. The second-order valence-electron chi connectivity index (χ2n) is 4.33. The van der Waals surface area contributed by atoms with Crippen LogP contribution in [0.15, 0.2) is 23.1 Å². The monoisotopic (exact) mass is 324 g/mol. The average Bonchev–Trinajstić information content (AvgIpc) is 2.37. The van der Waals surface area contributed by atoms with Crippen LogP contribution in [0.2, 0.25) is 5.02 Å². The number of hydrogen-bond donors (Lipinski definition) is 0. The molecule has 1 heterocycles. The molecule has 1 aromatic rings. The number of ether oxygens (including phenoxy) is 2. The fourth-order valence-corrected chi connectivity index (χ4v) is 3.15. The van der Waals surface area contributed by atoms with Gasteiger partial charge in [-0.2, -0.15) is 0 Å². The highest BCUT2D eigenvalue weighted by atomic mass is 35.7. The van der Waals surface area contributed by atoms with E-state index >= 15 is 0 Å². The first-order valence-corrected chi connectivity index (χ1v) is 8.64. The minimum absolute atomic E-state index is 0.00434. The van der Waals surface area contributed by atoms with E-state index in [1.165, 1.54) is 12.1 Å². The summed E-state index contributed by atoms with van der Waals surface area (Å²) in [6.45, 7) is 1.02. The van der Waals surface area contributed by atoms with E-state index in [0.29, 0.717) is 11.6 Å². The minimum atomic E-state index is -3.89. The first kappa shape index (κ1) is 14.9. The summed E-state index contributed by atoms with van der Waals surface area (Å²) in [5, 5.41) is 0.292. The molecule has 1 aromatic carbocycles. The molecule has 1 fully saturated rings. The quantitative estimate of drug-likeness (QED) is 0.798. The van der Waals surface area contributed by atoms with E-state index in [1.54, 1.807) is 6.07 Å². The highest BCUT2D eigenvalue weighted by Crippen LogP contribution is 2.30. The molecule has 0 bridgehead atoms. The zero-order valence-corrected chi connectivity index (χ0v) is 12.5. The summed E-state index contributed by atoms with van der Waals surface area (Å²) in [7, 11) is 1.47. The Bertz CT molecular complexity index is 539. The minimum Gasteiger partial charge on any atom is -0.489 e. The van der Waals surface area contributed by atoms with Crippen molar-refractivity contribution in [2.45, 2.75) is 30.3 Å². The lowest BCUT2D eigenvalue weighted by molar-refractivity contribution is -0.0116. The van der Waals surface area contributed by atoms with Crippen LogP contribution in [0.3, 0.4) is 0 Å². The SMILES string of the molecule is O=S(=O)(Cl)c1cc(Cl)ccc1OC[C@H]1CCCCO1. The van der Waals surface area contributed by atoms with Crippen molar-refractivity contribution in [3.63, 3.8) is 0 Å². The van der Waals surface area contributed by atoms with Crippen LogP contribution in [0.25, 0.3) is 0 Å². The smallest absolute Gasteiger partial charge is 0.265 e. The largest absolute Gasteiger partial charge is 0.489 e. The van der Waals surface area contributed by atoms with E-state index in [1.807, 2.05) is 0 Å². The molecule has 1 atom stereocenters. The molecule has 4 nitrogen and oxygen atoms in total. The summed E-state index contributed by atoms with van der Waals surface area (Å²) in [5.74, 6) is 0.202. The lowest BCUT2D eigenvalue weighted by Crippen LogP contribution is -2.26. The first-order chi connectivity index (χ1) is 8.97. The van der Waals surface area contributed by atoms with Crippen molar-refractivity contribution >= 4 is 31.3 Å². The summed E-state index contributed by atoms with van der Waals surface area (Å²) < 4.78 is 33.9. The van der Waals surface area contributed by atoms with Crippen LogP contribution < -0.4 is 4.74 Å². The maximum atomic E-state index is 11.5. The molecule has 0 N–H and O–H groups in total. The van der Waals surface area contributed by atoms with Crippen LogP contribution in [-0.2, 0) is 13.8 Å². The number of benzene rings is 1. The van der Waals surface area contributed by atoms with Crippen molar-refractivity contribution < 1.29 is 17.9 Å². The van der Waals surface area contributed by atoms with E-state index in [9.17, 15) is 8.42 Å². The predicted molar refractivity (Wildman–Crippen MR) is 73.6 cm³/mol. The predicted octanol–water partition coefficient (Wildman–Crippen LogP) is 3.22. The van der Waals surface area contributed by atoms with E-state index in [2.05, 4.69) is 0 Å². The van der Waals surface area contributed by atoms with Gasteiger partial charge in [0.05, 0.1) is 6.10 Å². The summed E-state index contributed by atoms with van der Waals surface area (Å²) in [4.78, 5) is -0.113. The van der Waals surface area contributed by atoms with Gasteiger partial charge in [0.15, 0.2) is 0 Å². The topological polar surface area (TPSA) is 52.6 Å². The van der Waals surface area contributed by atoms with Gasteiger partial charge in [0, 0.05) is 22.3 Å². The Hall–Kier alpha value is -0.490. The summed E-state index contributed by atoms with van der Waals surface area (Å²) in [6, 6.07) is 4.34. The maximum absolute atomic E-state index is 11.5. The molecule has 1 saturated heterocycles. The van der Waals surface area contributed by atoms with Crippen LogP contribution in [0.5, 0.6) is 5.75 Å². The lowest BCUT2D eigenvalue weighted by atomic mass is 10.1. The van der Waals surface area contributed by atoms with Gasteiger partial charge in [0.25, 0.3) is 9.05 Å². The van der Waals surface area contributed by atoms with Gasteiger partial charge in [-0.3, -0.25) is 0 Å². The van der Waals surface area contributed by atoms with Crippen molar-refractivity contribution in [2.24, 2.45) is 0 Å². The zero-order valence-electron chi connectivity index (χ0n) is 10.1. The highest BCUT2D eigenvalue weighted by molar-refractivity contribution is 8.13. The maximum Gasteiger partial charge on any atom is 0.265 e. The zero-order chi connectivity index (χ0) is 13.9. The van der Waals surface area contributed by atoms with Gasteiger partial charge in [0.1, 0.15) is 17.3 Å². The number of rotatable bonds is 4. The Kier molecular flexibility index (Phi) is 4.95. The number of halogens is 2. The van der Waals surface area contributed by atoms with E-state index < -0.39 is 9.05 Å². The van der Waals surface area contributed by atoms with Crippen molar-refractivity contribution in [2.75, 3.05) is 13.2 Å². The molecular formula is C12H14Cl2O4S. The summed E-state index contributed by atoms with van der Waals surface area (Å²) in [5.41, 5.74) is 0. The van der Waals surface area contributed by atoms with Gasteiger partial charge in [-0.05, 0) is 37.5 Å². The van der Waals surface area contributed by atoms with Gasteiger partial charge in [-0.15, -0.1) is 0 Å². The normalized spacial score (nSPS) is 20.2. The molecule has 0 spiro atoms. The molecular weight excluding hydrogens is 311 g/mol. The summed E-state index contributed by atoms with van der Waals surface area (Å²) in [6.07, 6.45) is 3.06. The lowest BCUT2D eigenvalue weighted by Gasteiger charge is -2.23. The molecule has 2 rings (SSSR count). The van der Waals surface area contributed by atoms with Crippen LogP contribution in [0.4, 0.5) is 0 Å². The molecule has 0 aliphatic carbocycles. The second kappa shape index (κ2) is 6.31. The van der Waals surface area contributed by atoms with Crippen molar-refractivity contribution in [1.29, 1.82) is 0 Å². The molecule has 106 valence electrons. The third-order valence-electron chi connectivity index (χ3n) is 2.87. The molecule has 0 radical (unpaired) electrons. The Morgan fingerprint density at radius 3 is 2.79 bits per heavy atom. The second-order valence-corrected chi connectivity index (χ2v) is 7.30. The molecule has 19 heavy (non-hydrogen) atoms. The van der Waals surface area contributed by atoms with E-state index in [-0.39, 0.29) is 16.7 Å². The highest BCUT2D eigenvalue weighted by Gasteiger charge is 2.20. The van der Waals surface area contributed by atoms with Crippen molar-refractivity contribution in [3.05, 3.63) is 23.2 Å². The standard InChI is InChI=1S/C12H14Cl2O4S/c13-9-4-5-11(12(7-9)19(14,15)16)18-8-10-3-1-2-6-17-10/h4-5,7,10H,1-3,6,8H2/t10-/m1/s1. The Labute approximate surface area is 122 Å². The molecule has 0 unspecified atom stereocenters. The number of hydrogen-bond acceptors (Lipinski definition) is 4. The fraction of sp³-hybridized carbons (Fsp3) is 0.500. The van der Waals surface area contributed by atoms with Crippen LogP contribution in [0, 0.1) is 0 Å².